The molecule has 1 aromatic heterocycles. The Bertz CT molecular complexity index is 328. The highest BCUT2D eigenvalue weighted by Crippen LogP contribution is 2.15. The van der Waals surface area contributed by atoms with Crippen LogP contribution in [0.4, 0.5) is 11.8 Å². The van der Waals surface area contributed by atoms with Gasteiger partial charge in [0.2, 0.25) is 5.95 Å². The molecule has 0 unspecified atom stereocenters. The highest BCUT2D eigenvalue weighted by molar-refractivity contribution is 5.43. The molecule has 0 atom stereocenters. The zero-order valence-electron chi connectivity index (χ0n) is 10.4. The Morgan fingerprint density at radius 3 is 2.56 bits per heavy atom. The highest BCUT2D eigenvalue weighted by atomic mass is 16.3. The number of anilines is 2. The molecule has 1 N–H and O–H groups in total. The lowest BCUT2D eigenvalue weighted by Crippen LogP contribution is -2.34. The van der Waals surface area contributed by atoms with Crippen LogP contribution in [-0.4, -0.2) is 48.4 Å². The predicted molar refractivity (Wildman–Crippen MR) is 65.9 cm³/mol. The second-order valence-electron chi connectivity index (χ2n) is 4.12. The summed E-state index contributed by atoms with van der Waals surface area (Å²) in [5, 5.41) is 9.03. The number of hydrogen-bond donors (Lipinski definition) is 1. The molecule has 16 heavy (non-hydrogen) atoms. The fourth-order valence-electron chi connectivity index (χ4n) is 1.46. The number of hydrogen-bond acceptors (Lipinski definition) is 5. The summed E-state index contributed by atoms with van der Waals surface area (Å²) in [5.41, 5.74) is 0. The molecule has 1 aromatic rings. The van der Waals surface area contributed by atoms with E-state index in [2.05, 4.69) is 28.7 Å². The average Bonchev–Trinajstić information content (AvgIpc) is 2.25. The molecule has 0 bridgehead atoms. The summed E-state index contributed by atoms with van der Waals surface area (Å²) in [6, 6.07) is 2.17. The van der Waals surface area contributed by atoms with E-state index in [1.54, 1.807) is 6.20 Å². The summed E-state index contributed by atoms with van der Waals surface area (Å²) in [6.45, 7) is 4.86. The largest absolute Gasteiger partial charge is 0.395 e. The summed E-state index contributed by atoms with van der Waals surface area (Å²) >= 11 is 0. The van der Waals surface area contributed by atoms with Crippen molar-refractivity contribution in [1.82, 2.24) is 9.97 Å². The molecule has 0 spiro atoms. The van der Waals surface area contributed by atoms with E-state index in [4.69, 9.17) is 5.11 Å². The van der Waals surface area contributed by atoms with Crippen molar-refractivity contribution in [3.05, 3.63) is 12.3 Å². The van der Waals surface area contributed by atoms with Gasteiger partial charge in [0.15, 0.2) is 0 Å². The second kappa shape index (κ2) is 5.65. The number of aromatic nitrogens is 2. The Balaban J connectivity index is 2.95. The molecule has 0 aliphatic rings. The molecule has 5 heteroatoms. The molecule has 0 fully saturated rings. The van der Waals surface area contributed by atoms with Crippen LogP contribution in [0.3, 0.4) is 0 Å². The Morgan fingerprint density at radius 2 is 2.06 bits per heavy atom. The van der Waals surface area contributed by atoms with E-state index in [1.807, 2.05) is 25.1 Å². The van der Waals surface area contributed by atoms with Gasteiger partial charge >= 0.3 is 0 Å². The Labute approximate surface area is 96.7 Å². The van der Waals surface area contributed by atoms with Gasteiger partial charge in [-0.15, -0.1) is 0 Å². The number of aliphatic hydroxyl groups excluding tert-OH is 1. The van der Waals surface area contributed by atoms with Gasteiger partial charge in [-0.25, -0.2) is 4.98 Å². The van der Waals surface area contributed by atoms with Gasteiger partial charge in [0.1, 0.15) is 5.82 Å². The minimum atomic E-state index is 0.124. The lowest BCUT2D eigenvalue weighted by Gasteiger charge is -2.27. The Morgan fingerprint density at radius 1 is 1.38 bits per heavy atom. The maximum Gasteiger partial charge on any atom is 0.226 e. The van der Waals surface area contributed by atoms with Crippen molar-refractivity contribution in [2.24, 2.45) is 0 Å². The first-order chi connectivity index (χ1) is 7.56. The second-order valence-corrected chi connectivity index (χ2v) is 4.12. The van der Waals surface area contributed by atoms with Gasteiger partial charge in [0.25, 0.3) is 0 Å². The third kappa shape index (κ3) is 3.06. The molecule has 0 aliphatic carbocycles. The van der Waals surface area contributed by atoms with Crippen LogP contribution in [0, 0.1) is 0 Å². The first kappa shape index (κ1) is 12.7. The first-order valence-electron chi connectivity index (χ1n) is 5.44. The van der Waals surface area contributed by atoms with Gasteiger partial charge in [-0.05, 0) is 19.9 Å². The summed E-state index contributed by atoms with van der Waals surface area (Å²) in [6.07, 6.45) is 1.74. The SMILES string of the molecule is CC(C)N(CCO)c1ccnc(N(C)C)n1. The zero-order valence-corrected chi connectivity index (χ0v) is 10.4. The Kier molecular flexibility index (Phi) is 4.49. The predicted octanol–water partition coefficient (Wildman–Crippen LogP) is 0.750. The number of nitrogens with zero attached hydrogens (tertiary/aromatic N) is 4. The lowest BCUT2D eigenvalue weighted by atomic mass is 10.3. The first-order valence-corrected chi connectivity index (χ1v) is 5.44. The molecule has 0 aromatic carbocycles. The smallest absolute Gasteiger partial charge is 0.226 e. The van der Waals surface area contributed by atoms with Crippen LogP contribution in [0.15, 0.2) is 12.3 Å². The number of aliphatic hydroxyl groups is 1. The maximum absolute atomic E-state index is 9.03. The van der Waals surface area contributed by atoms with E-state index >= 15 is 0 Å². The van der Waals surface area contributed by atoms with Gasteiger partial charge in [-0.3, -0.25) is 0 Å². The molecule has 0 saturated heterocycles. The standard InChI is InChI=1S/C11H20N4O/c1-9(2)15(7-8-16)10-5-6-12-11(13-10)14(3)4/h5-6,9,16H,7-8H2,1-4H3. The van der Waals surface area contributed by atoms with Crippen LogP contribution in [0.5, 0.6) is 0 Å². The molecule has 90 valence electrons. The quantitative estimate of drug-likeness (QED) is 0.800. The summed E-state index contributed by atoms with van der Waals surface area (Å²) < 4.78 is 0. The normalized spacial score (nSPS) is 10.6. The molecular formula is C11H20N4O. The summed E-state index contributed by atoms with van der Waals surface area (Å²) in [7, 11) is 3.82. The molecule has 0 amide bonds. The van der Waals surface area contributed by atoms with E-state index in [0.29, 0.717) is 18.5 Å². The fraction of sp³-hybridized carbons (Fsp3) is 0.636. The Hall–Kier alpha value is -1.36. The third-order valence-electron chi connectivity index (χ3n) is 2.29. The molecular weight excluding hydrogens is 204 g/mol. The van der Waals surface area contributed by atoms with Crippen LogP contribution < -0.4 is 9.80 Å². The van der Waals surface area contributed by atoms with Gasteiger partial charge in [0.05, 0.1) is 6.61 Å². The molecule has 0 radical (unpaired) electrons. The molecule has 0 saturated carbocycles. The van der Waals surface area contributed by atoms with Crippen molar-refractivity contribution in [2.45, 2.75) is 19.9 Å². The topological polar surface area (TPSA) is 52.5 Å². The van der Waals surface area contributed by atoms with Crippen LogP contribution in [0.2, 0.25) is 0 Å². The van der Waals surface area contributed by atoms with Crippen molar-refractivity contribution < 1.29 is 5.11 Å². The number of rotatable bonds is 5. The van der Waals surface area contributed by atoms with Gasteiger partial charge < -0.3 is 14.9 Å². The molecule has 5 nitrogen and oxygen atoms in total. The monoisotopic (exact) mass is 224 g/mol. The van der Waals surface area contributed by atoms with Crippen molar-refractivity contribution >= 4 is 11.8 Å². The van der Waals surface area contributed by atoms with E-state index in [9.17, 15) is 0 Å². The average molecular weight is 224 g/mol. The summed E-state index contributed by atoms with van der Waals surface area (Å²) in [5.74, 6) is 1.53. The van der Waals surface area contributed by atoms with Crippen molar-refractivity contribution in [3.63, 3.8) is 0 Å². The van der Waals surface area contributed by atoms with Gasteiger partial charge in [-0.1, -0.05) is 0 Å². The molecule has 1 rings (SSSR count). The highest BCUT2D eigenvalue weighted by Gasteiger charge is 2.12. The van der Waals surface area contributed by atoms with Crippen molar-refractivity contribution in [3.8, 4) is 0 Å². The van der Waals surface area contributed by atoms with E-state index < -0.39 is 0 Å². The van der Waals surface area contributed by atoms with Crippen LogP contribution >= 0.6 is 0 Å². The minimum Gasteiger partial charge on any atom is -0.395 e. The van der Waals surface area contributed by atoms with Crippen LogP contribution in [-0.2, 0) is 0 Å². The van der Waals surface area contributed by atoms with E-state index in [-0.39, 0.29) is 6.61 Å². The van der Waals surface area contributed by atoms with Gasteiger partial charge in [0, 0.05) is 32.9 Å². The van der Waals surface area contributed by atoms with Crippen molar-refractivity contribution in [1.29, 1.82) is 0 Å². The zero-order chi connectivity index (χ0) is 12.1. The third-order valence-corrected chi connectivity index (χ3v) is 2.29. The van der Waals surface area contributed by atoms with Crippen LogP contribution in [0.25, 0.3) is 0 Å². The molecule has 1 heterocycles. The minimum absolute atomic E-state index is 0.124. The van der Waals surface area contributed by atoms with Gasteiger partial charge in [-0.2, -0.15) is 4.98 Å². The maximum atomic E-state index is 9.03. The van der Waals surface area contributed by atoms with Crippen molar-refractivity contribution in [2.75, 3.05) is 37.0 Å². The van der Waals surface area contributed by atoms with E-state index in [1.165, 1.54) is 0 Å². The fourth-order valence-corrected chi connectivity index (χ4v) is 1.46. The summed E-state index contributed by atoms with van der Waals surface area (Å²) in [4.78, 5) is 12.5. The van der Waals surface area contributed by atoms with Crippen LogP contribution in [0.1, 0.15) is 13.8 Å². The lowest BCUT2D eigenvalue weighted by molar-refractivity contribution is 0.298. The van der Waals surface area contributed by atoms with E-state index in [0.717, 1.165) is 5.82 Å². The molecule has 0 aliphatic heterocycles.